The Hall–Kier alpha value is -3.72. The topological polar surface area (TPSA) is 62.3 Å². The standard InChI is InChI=1S/C30H23N3O2S3/c1-34-19-13-11-17(12-14-19)24-25-21(35-28(31)26(24)29-32-20-9-5-6-10-22(20)37-29)15-16-23-27(25)33(30(36)38-23)18-7-3-2-4-8-18/h2-14,24H,15-16,31H2,1H3. The molecular weight excluding hydrogens is 531 g/mol. The smallest absolute Gasteiger partial charge is 0.197 e. The number of ether oxygens (including phenoxy) is 2. The van der Waals surface area contributed by atoms with Crippen molar-refractivity contribution in [1.29, 1.82) is 0 Å². The van der Waals surface area contributed by atoms with Gasteiger partial charge in [-0.15, -0.1) is 22.7 Å². The molecule has 2 aliphatic rings. The molecule has 1 aliphatic carbocycles. The lowest BCUT2D eigenvalue weighted by Crippen LogP contribution is -2.24. The zero-order valence-electron chi connectivity index (χ0n) is 20.5. The van der Waals surface area contributed by atoms with Crippen LogP contribution in [0.5, 0.6) is 5.75 Å². The van der Waals surface area contributed by atoms with Crippen molar-refractivity contribution in [3.05, 3.63) is 116 Å². The van der Waals surface area contributed by atoms with E-state index >= 15 is 0 Å². The molecule has 1 unspecified atom stereocenters. The summed E-state index contributed by atoms with van der Waals surface area (Å²) in [6.07, 6.45) is 1.63. The van der Waals surface area contributed by atoms with E-state index < -0.39 is 0 Å². The molecule has 0 spiro atoms. The van der Waals surface area contributed by atoms with Crippen LogP contribution in [0.15, 0.2) is 90.5 Å². The third-order valence-electron chi connectivity index (χ3n) is 7.08. The SMILES string of the molecule is COc1ccc(C2C(c3nc4ccccc4s3)=C(N)OC3=C2c2c(sc(=S)n2-c2ccccc2)CC3)cc1. The second-order valence-corrected chi connectivity index (χ2v) is 12.0. The van der Waals surface area contributed by atoms with E-state index in [1.54, 1.807) is 29.8 Å². The van der Waals surface area contributed by atoms with Gasteiger partial charge in [0.1, 0.15) is 16.5 Å². The molecule has 8 heteroatoms. The van der Waals surface area contributed by atoms with E-state index in [2.05, 4.69) is 34.9 Å². The molecule has 2 aromatic heterocycles. The van der Waals surface area contributed by atoms with E-state index in [1.165, 1.54) is 4.88 Å². The second kappa shape index (κ2) is 9.23. The Kier molecular flexibility index (Phi) is 5.69. The van der Waals surface area contributed by atoms with Gasteiger partial charge >= 0.3 is 0 Å². The van der Waals surface area contributed by atoms with Crippen LogP contribution >= 0.6 is 34.9 Å². The van der Waals surface area contributed by atoms with Crippen molar-refractivity contribution < 1.29 is 9.47 Å². The highest BCUT2D eigenvalue weighted by molar-refractivity contribution is 7.73. The van der Waals surface area contributed by atoms with Crippen LogP contribution in [0.3, 0.4) is 0 Å². The highest BCUT2D eigenvalue weighted by Gasteiger charge is 2.40. The fourth-order valence-electron chi connectivity index (χ4n) is 5.38. The Balaban J connectivity index is 1.50. The van der Waals surface area contributed by atoms with E-state index in [-0.39, 0.29) is 5.92 Å². The zero-order chi connectivity index (χ0) is 25.8. The maximum Gasteiger partial charge on any atom is 0.197 e. The van der Waals surface area contributed by atoms with Crippen LogP contribution in [0.1, 0.15) is 33.5 Å². The van der Waals surface area contributed by atoms with Crippen molar-refractivity contribution in [1.82, 2.24) is 9.55 Å². The summed E-state index contributed by atoms with van der Waals surface area (Å²) in [6, 6.07) is 26.7. The number of hydrogen-bond donors (Lipinski definition) is 1. The number of methoxy groups -OCH3 is 1. The van der Waals surface area contributed by atoms with Gasteiger partial charge in [0, 0.05) is 28.5 Å². The van der Waals surface area contributed by atoms with Crippen LogP contribution in [0.25, 0.3) is 27.1 Å². The molecule has 7 rings (SSSR count). The molecule has 0 fully saturated rings. The maximum absolute atomic E-state index is 6.74. The van der Waals surface area contributed by atoms with Crippen molar-refractivity contribution in [3.63, 3.8) is 0 Å². The van der Waals surface area contributed by atoms with Gasteiger partial charge in [-0.25, -0.2) is 4.98 Å². The molecule has 3 heterocycles. The molecular formula is C30H23N3O2S3. The highest BCUT2D eigenvalue weighted by atomic mass is 32.1. The lowest BCUT2D eigenvalue weighted by molar-refractivity contribution is 0.280. The predicted octanol–water partition coefficient (Wildman–Crippen LogP) is 7.69. The summed E-state index contributed by atoms with van der Waals surface area (Å²) in [4.78, 5) is 6.27. The Morgan fingerprint density at radius 3 is 2.47 bits per heavy atom. The molecule has 0 bridgehead atoms. The quantitative estimate of drug-likeness (QED) is 0.231. The third-order valence-corrected chi connectivity index (χ3v) is 9.58. The first-order valence-electron chi connectivity index (χ1n) is 12.3. The molecule has 0 saturated heterocycles. The van der Waals surface area contributed by atoms with Crippen LogP contribution in [-0.2, 0) is 11.2 Å². The number of thiazole rings is 2. The Morgan fingerprint density at radius 1 is 0.947 bits per heavy atom. The van der Waals surface area contributed by atoms with Crippen molar-refractivity contribution in [2.24, 2.45) is 5.73 Å². The molecule has 1 atom stereocenters. The summed E-state index contributed by atoms with van der Waals surface area (Å²) in [5.41, 5.74) is 12.9. The number of hydrogen-bond acceptors (Lipinski definition) is 7. The van der Waals surface area contributed by atoms with Crippen LogP contribution in [0.2, 0.25) is 0 Å². The van der Waals surface area contributed by atoms with Gasteiger partial charge < -0.3 is 15.2 Å². The van der Waals surface area contributed by atoms with Gasteiger partial charge in [0.2, 0.25) is 0 Å². The Bertz CT molecular complexity index is 1780. The molecule has 38 heavy (non-hydrogen) atoms. The minimum Gasteiger partial charge on any atom is -0.497 e. The van der Waals surface area contributed by atoms with E-state index in [0.717, 1.165) is 71.6 Å². The summed E-state index contributed by atoms with van der Waals surface area (Å²) in [6.45, 7) is 0. The highest BCUT2D eigenvalue weighted by Crippen LogP contribution is 2.54. The van der Waals surface area contributed by atoms with Crippen LogP contribution in [0, 0.1) is 3.95 Å². The lowest BCUT2D eigenvalue weighted by atomic mass is 9.78. The number of para-hydroxylation sites is 2. The van der Waals surface area contributed by atoms with E-state index in [4.69, 9.17) is 32.4 Å². The monoisotopic (exact) mass is 553 g/mol. The average molecular weight is 554 g/mol. The van der Waals surface area contributed by atoms with Crippen molar-refractivity contribution in [2.75, 3.05) is 7.11 Å². The van der Waals surface area contributed by atoms with Crippen LogP contribution < -0.4 is 10.5 Å². The number of fused-ring (bicyclic) bond motifs is 3. The molecule has 1 aliphatic heterocycles. The normalized spacial score (nSPS) is 16.8. The number of rotatable bonds is 4. The first-order chi connectivity index (χ1) is 18.6. The fourth-order valence-corrected chi connectivity index (χ4v) is 7.93. The largest absolute Gasteiger partial charge is 0.497 e. The van der Waals surface area contributed by atoms with Crippen LogP contribution in [0.4, 0.5) is 0 Å². The van der Waals surface area contributed by atoms with Gasteiger partial charge in [-0.2, -0.15) is 0 Å². The van der Waals surface area contributed by atoms with Crippen molar-refractivity contribution >= 4 is 56.3 Å². The molecule has 3 aromatic carbocycles. The molecule has 5 aromatic rings. The van der Waals surface area contributed by atoms with Gasteiger partial charge in [0.05, 0.1) is 28.6 Å². The van der Waals surface area contributed by atoms with Gasteiger partial charge in [0.25, 0.3) is 0 Å². The number of nitrogens with zero attached hydrogens (tertiary/aromatic N) is 2. The first-order valence-corrected chi connectivity index (χ1v) is 14.4. The van der Waals surface area contributed by atoms with Gasteiger partial charge in [-0.1, -0.05) is 42.5 Å². The van der Waals surface area contributed by atoms with Crippen molar-refractivity contribution in [3.8, 4) is 11.4 Å². The van der Waals surface area contributed by atoms with E-state index in [9.17, 15) is 0 Å². The number of nitrogens with two attached hydrogens (primary N) is 1. The minimum absolute atomic E-state index is 0.178. The Morgan fingerprint density at radius 2 is 1.71 bits per heavy atom. The number of aromatic nitrogens is 2. The number of benzene rings is 3. The van der Waals surface area contributed by atoms with E-state index in [0.29, 0.717) is 5.88 Å². The maximum atomic E-state index is 6.74. The van der Waals surface area contributed by atoms with Crippen LogP contribution in [-0.4, -0.2) is 16.7 Å². The fraction of sp³-hybridized carbons (Fsp3) is 0.133. The predicted molar refractivity (Wildman–Crippen MR) is 157 cm³/mol. The molecule has 188 valence electrons. The molecule has 2 N–H and O–H groups in total. The summed E-state index contributed by atoms with van der Waals surface area (Å²) < 4.78 is 16.1. The van der Waals surface area contributed by atoms with Gasteiger partial charge in [-0.3, -0.25) is 4.57 Å². The Labute approximate surface area is 233 Å². The van der Waals surface area contributed by atoms with Gasteiger partial charge in [0.15, 0.2) is 9.84 Å². The number of allylic oxidation sites excluding steroid dienone is 3. The van der Waals surface area contributed by atoms with Gasteiger partial charge in [-0.05, 0) is 60.6 Å². The summed E-state index contributed by atoms with van der Waals surface area (Å²) in [5, 5.41) is 0.864. The zero-order valence-corrected chi connectivity index (χ0v) is 23.0. The second-order valence-electron chi connectivity index (χ2n) is 9.22. The summed E-state index contributed by atoms with van der Waals surface area (Å²) in [5.74, 6) is 1.94. The lowest BCUT2D eigenvalue weighted by Gasteiger charge is -2.34. The van der Waals surface area contributed by atoms with E-state index in [1.807, 2.05) is 48.5 Å². The molecule has 0 amide bonds. The minimum atomic E-state index is -0.178. The first kappa shape index (κ1) is 23.4. The molecule has 0 saturated carbocycles. The average Bonchev–Trinajstić information content (AvgIpc) is 3.53. The third kappa shape index (κ3) is 3.71. The summed E-state index contributed by atoms with van der Waals surface area (Å²) >= 11 is 9.25. The number of aryl methyl sites for hydroxylation is 1. The molecule has 5 nitrogen and oxygen atoms in total. The van der Waals surface area contributed by atoms with Crippen molar-refractivity contribution in [2.45, 2.75) is 18.8 Å². The summed E-state index contributed by atoms with van der Waals surface area (Å²) in [7, 11) is 1.68. The molecule has 0 radical (unpaired) electrons.